The van der Waals surface area contributed by atoms with E-state index in [0.717, 1.165) is 15.0 Å². The van der Waals surface area contributed by atoms with Gasteiger partial charge in [-0.25, -0.2) is 0 Å². The van der Waals surface area contributed by atoms with Crippen molar-refractivity contribution in [3.63, 3.8) is 0 Å². The molecule has 0 heterocycles. The molecule has 12 heavy (non-hydrogen) atoms. The molecular formula is C9H14S3. The molecule has 0 fully saturated rings. The van der Waals surface area contributed by atoms with E-state index < -0.39 is 0 Å². The smallest absolute Gasteiger partial charge is 0.103 e. The minimum absolute atomic E-state index is 0.933. The summed E-state index contributed by atoms with van der Waals surface area (Å²) < 4.78 is 0.987. The van der Waals surface area contributed by atoms with Gasteiger partial charge < -0.3 is 0 Å². The quantitative estimate of drug-likeness (QED) is 0.519. The lowest BCUT2D eigenvalue weighted by Crippen LogP contribution is -1.88. The molecule has 0 aromatic carbocycles. The highest BCUT2D eigenvalue weighted by Crippen LogP contribution is 2.20. The van der Waals surface area contributed by atoms with Crippen molar-refractivity contribution in [2.24, 2.45) is 0 Å². The van der Waals surface area contributed by atoms with Gasteiger partial charge in [-0.3, -0.25) is 0 Å². The largest absolute Gasteiger partial charge is 0.104 e. The predicted molar refractivity (Wildman–Crippen MR) is 67.1 cm³/mol. The van der Waals surface area contributed by atoms with Crippen LogP contribution in [0.2, 0.25) is 0 Å². The Morgan fingerprint density at radius 2 is 1.42 bits per heavy atom. The van der Waals surface area contributed by atoms with Crippen molar-refractivity contribution >= 4 is 39.3 Å². The molecule has 0 rings (SSSR count). The summed E-state index contributed by atoms with van der Waals surface area (Å²) in [5.74, 6) is 1.87. The number of rotatable bonds is 4. The zero-order chi connectivity index (χ0) is 9.56. The van der Waals surface area contributed by atoms with Crippen molar-refractivity contribution in [3.8, 4) is 0 Å². The Kier molecular flexibility index (Phi) is 6.90. The van der Waals surface area contributed by atoms with Crippen molar-refractivity contribution in [2.45, 2.75) is 13.8 Å². The minimum atomic E-state index is 0.933. The van der Waals surface area contributed by atoms with Crippen LogP contribution in [0.4, 0.5) is 0 Å². The van der Waals surface area contributed by atoms with E-state index in [1.165, 1.54) is 11.1 Å². The number of hydrogen-bond donors (Lipinski definition) is 0. The Morgan fingerprint density at radius 1 is 1.08 bits per heavy atom. The van der Waals surface area contributed by atoms with Gasteiger partial charge >= 0.3 is 0 Å². The van der Waals surface area contributed by atoms with Gasteiger partial charge in [-0.05, 0) is 13.8 Å². The van der Waals surface area contributed by atoms with Crippen LogP contribution in [0.3, 0.4) is 0 Å². The molecule has 3 heteroatoms. The normalized spacial score (nSPS) is 9.50. The molecule has 0 radical (unpaired) electrons. The van der Waals surface area contributed by atoms with Gasteiger partial charge in [0.05, 0.1) is 0 Å². The zero-order valence-corrected chi connectivity index (χ0v) is 10.0. The Bertz CT molecular complexity index is 174. The molecule has 0 amide bonds. The van der Waals surface area contributed by atoms with Gasteiger partial charge in [0.25, 0.3) is 0 Å². The molecule has 0 aromatic rings. The lowest BCUT2D eigenvalue weighted by Gasteiger charge is -2.02. The molecule has 68 valence electrons. The predicted octanol–water partition coefficient (Wildman–Crippen LogP) is 3.89. The fraction of sp³-hybridized carbons (Fsp3) is 0.444. The second-order valence-corrected chi connectivity index (χ2v) is 5.90. The lowest BCUT2D eigenvalue weighted by atomic mass is 10.4. The third kappa shape index (κ3) is 8.37. The van der Waals surface area contributed by atoms with Crippen LogP contribution >= 0.6 is 35.7 Å². The molecule has 0 atom stereocenters. The van der Waals surface area contributed by atoms with Crippen LogP contribution < -0.4 is 0 Å². The topological polar surface area (TPSA) is 0 Å². The maximum absolute atomic E-state index is 5.13. The molecule has 0 spiro atoms. The Morgan fingerprint density at radius 3 is 1.67 bits per heavy atom. The molecular weight excluding hydrogens is 204 g/mol. The van der Waals surface area contributed by atoms with Gasteiger partial charge in [-0.2, -0.15) is 0 Å². The van der Waals surface area contributed by atoms with Crippen LogP contribution in [-0.4, -0.2) is 15.0 Å². The van der Waals surface area contributed by atoms with E-state index >= 15 is 0 Å². The van der Waals surface area contributed by atoms with Crippen molar-refractivity contribution < 1.29 is 0 Å². The molecule has 0 aromatic heterocycles. The van der Waals surface area contributed by atoms with Crippen LogP contribution in [0.1, 0.15) is 13.8 Å². The van der Waals surface area contributed by atoms with E-state index in [1.54, 1.807) is 23.5 Å². The van der Waals surface area contributed by atoms with Crippen LogP contribution in [0, 0.1) is 0 Å². The maximum Gasteiger partial charge on any atom is 0.104 e. The first kappa shape index (κ1) is 12.3. The van der Waals surface area contributed by atoms with E-state index in [0.29, 0.717) is 0 Å². The summed E-state index contributed by atoms with van der Waals surface area (Å²) in [5, 5.41) is 0. The summed E-state index contributed by atoms with van der Waals surface area (Å²) in [4.78, 5) is 0. The van der Waals surface area contributed by atoms with E-state index in [4.69, 9.17) is 12.2 Å². The Hall–Kier alpha value is 0.270. The van der Waals surface area contributed by atoms with Crippen LogP contribution in [0.25, 0.3) is 0 Å². The van der Waals surface area contributed by atoms with Crippen LogP contribution in [-0.2, 0) is 0 Å². The second kappa shape index (κ2) is 6.75. The zero-order valence-electron chi connectivity index (χ0n) is 7.55. The molecule has 0 aliphatic heterocycles. The van der Waals surface area contributed by atoms with E-state index in [-0.39, 0.29) is 0 Å². The third-order valence-electron chi connectivity index (χ3n) is 0.873. The summed E-state index contributed by atoms with van der Waals surface area (Å²) in [6.07, 6.45) is 0. The minimum Gasteiger partial charge on any atom is -0.103 e. The molecule has 0 aliphatic rings. The number of hydrogen-bond acceptors (Lipinski definition) is 3. The molecule has 0 N–H and O–H groups in total. The molecule has 0 nitrogen and oxygen atoms in total. The number of thiocarbonyl (C=S) groups is 1. The monoisotopic (exact) mass is 218 g/mol. The van der Waals surface area contributed by atoms with Gasteiger partial charge in [0, 0.05) is 11.5 Å². The molecule has 0 unspecified atom stereocenters. The standard InChI is InChI=1S/C9H14S3/c1-7(2)5-11-9(10)12-6-8(3)4/h1,3,5-6H2,2,4H3. The first-order valence-corrected chi connectivity index (χ1v) is 5.98. The van der Waals surface area contributed by atoms with E-state index in [2.05, 4.69) is 13.2 Å². The van der Waals surface area contributed by atoms with Gasteiger partial charge in [-0.15, -0.1) is 23.5 Å². The Balaban J connectivity index is 3.47. The molecule has 0 saturated carbocycles. The first-order chi connectivity index (χ1) is 5.52. The highest BCUT2D eigenvalue weighted by Gasteiger charge is 1.98. The summed E-state index contributed by atoms with van der Waals surface area (Å²) in [6.45, 7) is 11.7. The van der Waals surface area contributed by atoms with Gasteiger partial charge in [0.1, 0.15) is 3.53 Å². The van der Waals surface area contributed by atoms with Crippen LogP contribution in [0.15, 0.2) is 24.3 Å². The molecule has 0 aliphatic carbocycles. The van der Waals surface area contributed by atoms with Crippen molar-refractivity contribution in [1.29, 1.82) is 0 Å². The maximum atomic E-state index is 5.13. The fourth-order valence-electron chi connectivity index (χ4n) is 0.406. The first-order valence-electron chi connectivity index (χ1n) is 3.60. The highest BCUT2D eigenvalue weighted by atomic mass is 32.2. The average molecular weight is 218 g/mol. The SMILES string of the molecule is C=C(C)CSC(=S)SCC(=C)C. The molecule has 0 saturated heterocycles. The lowest BCUT2D eigenvalue weighted by molar-refractivity contribution is 1.44. The van der Waals surface area contributed by atoms with Crippen molar-refractivity contribution in [1.82, 2.24) is 0 Å². The van der Waals surface area contributed by atoms with Gasteiger partial charge in [-0.1, -0.05) is 36.5 Å². The summed E-state index contributed by atoms with van der Waals surface area (Å²) >= 11 is 8.50. The third-order valence-corrected chi connectivity index (χ3v) is 4.03. The van der Waals surface area contributed by atoms with Crippen molar-refractivity contribution in [2.75, 3.05) is 11.5 Å². The fourth-order valence-corrected chi connectivity index (χ4v) is 2.17. The summed E-state index contributed by atoms with van der Waals surface area (Å²) in [7, 11) is 0. The summed E-state index contributed by atoms with van der Waals surface area (Å²) in [5.41, 5.74) is 2.33. The van der Waals surface area contributed by atoms with Gasteiger partial charge in [0.2, 0.25) is 0 Å². The summed E-state index contributed by atoms with van der Waals surface area (Å²) in [6, 6.07) is 0. The second-order valence-electron chi connectivity index (χ2n) is 2.74. The highest BCUT2D eigenvalue weighted by molar-refractivity contribution is 8.47. The molecule has 0 bridgehead atoms. The Labute approximate surface area is 88.9 Å². The van der Waals surface area contributed by atoms with E-state index in [1.807, 2.05) is 13.8 Å². The van der Waals surface area contributed by atoms with Crippen molar-refractivity contribution in [3.05, 3.63) is 24.3 Å². The van der Waals surface area contributed by atoms with E-state index in [9.17, 15) is 0 Å². The van der Waals surface area contributed by atoms with Gasteiger partial charge in [0.15, 0.2) is 0 Å². The van der Waals surface area contributed by atoms with Crippen LogP contribution in [0.5, 0.6) is 0 Å². The average Bonchev–Trinajstić information content (AvgIpc) is 1.96. The number of thioether (sulfide) groups is 2.